The highest BCUT2D eigenvalue weighted by molar-refractivity contribution is 8.03. The molecule has 0 fully saturated rings. The summed E-state index contributed by atoms with van der Waals surface area (Å²) in [4.78, 5) is 1.06. The van der Waals surface area contributed by atoms with Gasteiger partial charge < -0.3 is 0 Å². The van der Waals surface area contributed by atoms with Crippen molar-refractivity contribution in [1.82, 2.24) is 0 Å². The number of hydrogen-bond acceptors (Lipinski definition) is 2. The summed E-state index contributed by atoms with van der Waals surface area (Å²) in [7, 11) is 0. The number of nitriles is 1. The molecule has 2 aromatic rings. The predicted octanol–water partition coefficient (Wildman–Crippen LogP) is 4.54. The van der Waals surface area contributed by atoms with Gasteiger partial charge in [0.1, 0.15) is 5.40 Å². The minimum Gasteiger partial charge on any atom is -0.185 e. The van der Waals surface area contributed by atoms with Crippen LogP contribution in [0.2, 0.25) is 0 Å². The second-order valence-corrected chi connectivity index (χ2v) is 4.81. The van der Waals surface area contributed by atoms with Crippen molar-refractivity contribution in [1.29, 1.82) is 5.26 Å². The second kappa shape index (κ2) is 5.07. The van der Waals surface area contributed by atoms with E-state index in [1.807, 2.05) is 25.1 Å². The Morgan fingerprint density at radius 2 is 1.82 bits per heavy atom. The van der Waals surface area contributed by atoms with Gasteiger partial charge in [-0.05, 0) is 42.3 Å². The standard InChI is InChI=1S/C15H13NS/c1-11-5-3-7-13(9-11)14-8-4-6-12(2)15(14)17-10-16/h3-9H,1-2H3. The summed E-state index contributed by atoms with van der Waals surface area (Å²) in [5.41, 5.74) is 4.69. The highest BCUT2D eigenvalue weighted by Gasteiger charge is 2.08. The van der Waals surface area contributed by atoms with Gasteiger partial charge >= 0.3 is 0 Å². The predicted molar refractivity (Wildman–Crippen MR) is 72.8 cm³/mol. The summed E-state index contributed by atoms with van der Waals surface area (Å²) in [5.74, 6) is 0. The van der Waals surface area contributed by atoms with Gasteiger partial charge in [-0.3, -0.25) is 0 Å². The molecular weight excluding hydrogens is 226 g/mol. The van der Waals surface area contributed by atoms with E-state index in [0.717, 1.165) is 16.0 Å². The number of thiocyanates is 1. The third-order valence-electron chi connectivity index (χ3n) is 2.69. The van der Waals surface area contributed by atoms with Gasteiger partial charge in [-0.2, -0.15) is 5.26 Å². The molecule has 0 aromatic heterocycles. The zero-order valence-electron chi connectivity index (χ0n) is 9.90. The monoisotopic (exact) mass is 239 g/mol. The molecule has 84 valence electrons. The van der Waals surface area contributed by atoms with Crippen LogP contribution in [0.5, 0.6) is 0 Å². The average molecular weight is 239 g/mol. The molecule has 2 heteroatoms. The quantitative estimate of drug-likeness (QED) is 0.567. The third-order valence-corrected chi connectivity index (χ3v) is 3.53. The fourth-order valence-electron chi connectivity index (χ4n) is 1.87. The average Bonchev–Trinajstić information content (AvgIpc) is 2.32. The van der Waals surface area contributed by atoms with Crippen LogP contribution in [0.15, 0.2) is 47.4 Å². The van der Waals surface area contributed by atoms with Crippen LogP contribution in [0.1, 0.15) is 11.1 Å². The molecule has 0 radical (unpaired) electrons. The van der Waals surface area contributed by atoms with E-state index in [2.05, 4.69) is 36.6 Å². The van der Waals surface area contributed by atoms with Crippen molar-refractivity contribution in [3.05, 3.63) is 53.6 Å². The topological polar surface area (TPSA) is 23.8 Å². The fourth-order valence-corrected chi connectivity index (χ4v) is 2.49. The maximum absolute atomic E-state index is 8.88. The molecule has 17 heavy (non-hydrogen) atoms. The Morgan fingerprint density at radius 3 is 2.53 bits per heavy atom. The molecule has 0 heterocycles. The zero-order chi connectivity index (χ0) is 12.3. The normalized spacial score (nSPS) is 9.94. The maximum atomic E-state index is 8.88. The van der Waals surface area contributed by atoms with Crippen LogP contribution in [0.4, 0.5) is 0 Å². The van der Waals surface area contributed by atoms with Crippen molar-refractivity contribution in [2.75, 3.05) is 0 Å². The molecule has 0 saturated carbocycles. The third kappa shape index (κ3) is 2.51. The van der Waals surface area contributed by atoms with E-state index in [-0.39, 0.29) is 0 Å². The number of hydrogen-bond donors (Lipinski definition) is 0. The first-order valence-electron chi connectivity index (χ1n) is 5.45. The van der Waals surface area contributed by atoms with Crippen LogP contribution in [-0.4, -0.2) is 0 Å². The van der Waals surface area contributed by atoms with Crippen LogP contribution in [-0.2, 0) is 0 Å². The molecule has 2 aromatic carbocycles. The lowest BCUT2D eigenvalue weighted by atomic mass is 10.0. The van der Waals surface area contributed by atoms with E-state index < -0.39 is 0 Å². The van der Waals surface area contributed by atoms with Crippen LogP contribution < -0.4 is 0 Å². The molecule has 2 rings (SSSR count). The Labute approximate surface area is 106 Å². The van der Waals surface area contributed by atoms with Crippen molar-refractivity contribution < 1.29 is 0 Å². The van der Waals surface area contributed by atoms with Gasteiger partial charge in [0.2, 0.25) is 0 Å². The Morgan fingerprint density at radius 1 is 1.06 bits per heavy atom. The van der Waals surface area contributed by atoms with E-state index in [1.54, 1.807) is 0 Å². The van der Waals surface area contributed by atoms with E-state index in [0.29, 0.717) is 0 Å². The minimum atomic E-state index is 1.06. The summed E-state index contributed by atoms with van der Waals surface area (Å²) in [5, 5.41) is 11.0. The fraction of sp³-hybridized carbons (Fsp3) is 0.133. The lowest BCUT2D eigenvalue weighted by Gasteiger charge is -2.09. The van der Waals surface area contributed by atoms with Crippen LogP contribution in [0.25, 0.3) is 11.1 Å². The highest BCUT2D eigenvalue weighted by atomic mass is 32.2. The molecule has 0 aliphatic carbocycles. The van der Waals surface area contributed by atoms with Crippen molar-refractivity contribution in [3.8, 4) is 16.5 Å². The van der Waals surface area contributed by atoms with Crippen LogP contribution in [0, 0.1) is 24.5 Å². The van der Waals surface area contributed by atoms with E-state index in [9.17, 15) is 0 Å². The molecule has 0 aliphatic rings. The summed E-state index contributed by atoms with van der Waals surface area (Å²) >= 11 is 1.23. The van der Waals surface area contributed by atoms with Gasteiger partial charge in [0.25, 0.3) is 0 Å². The molecule has 0 aliphatic heterocycles. The smallest absolute Gasteiger partial charge is 0.138 e. The van der Waals surface area contributed by atoms with Gasteiger partial charge in [-0.15, -0.1) is 0 Å². The molecule has 0 bridgehead atoms. The van der Waals surface area contributed by atoms with E-state index in [4.69, 9.17) is 5.26 Å². The summed E-state index contributed by atoms with van der Waals surface area (Å²) in [6, 6.07) is 14.5. The Kier molecular flexibility index (Phi) is 3.51. The molecule has 0 atom stereocenters. The molecule has 0 unspecified atom stereocenters. The molecule has 0 spiro atoms. The summed E-state index contributed by atoms with van der Waals surface area (Å²) in [6.45, 7) is 4.12. The maximum Gasteiger partial charge on any atom is 0.138 e. The van der Waals surface area contributed by atoms with E-state index >= 15 is 0 Å². The first kappa shape index (κ1) is 11.8. The van der Waals surface area contributed by atoms with Crippen molar-refractivity contribution >= 4 is 11.8 Å². The number of aryl methyl sites for hydroxylation is 2. The Balaban J connectivity index is 2.59. The summed E-state index contributed by atoms with van der Waals surface area (Å²) < 4.78 is 0. The number of rotatable bonds is 2. The first-order chi connectivity index (χ1) is 8.22. The summed E-state index contributed by atoms with van der Waals surface area (Å²) in [6.07, 6.45) is 0. The van der Waals surface area contributed by atoms with Gasteiger partial charge in [0.15, 0.2) is 0 Å². The zero-order valence-corrected chi connectivity index (χ0v) is 10.7. The number of thioether (sulfide) groups is 1. The molecule has 1 nitrogen and oxygen atoms in total. The highest BCUT2D eigenvalue weighted by Crippen LogP contribution is 2.33. The van der Waals surface area contributed by atoms with Gasteiger partial charge in [-0.1, -0.05) is 48.0 Å². The number of nitrogens with zero attached hydrogens (tertiary/aromatic N) is 1. The van der Waals surface area contributed by atoms with E-state index in [1.165, 1.54) is 22.9 Å². The molecule has 0 amide bonds. The number of benzene rings is 2. The van der Waals surface area contributed by atoms with Crippen LogP contribution >= 0.6 is 11.8 Å². The minimum absolute atomic E-state index is 1.06. The SMILES string of the molecule is Cc1cccc(-c2cccc(C)c2SC#N)c1. The van der Waals surface area contributed by atoms with Crippen LogP contribution in [0.3, 0.4) is 0 Å². The van der Waals surface area contributed by atoms with Crippen molar-refractivity contribution in [3.63, 3.8) is 0 Å². The largest absolute Gasteiger partial charge is 0.185 e. The molecule has 0 saturated heterocycles. The lowest BCUT2D eigenvalue weighted by Crippen LogP contribution is -1.86. The first-order valence-corrected chi connectivity index (χ1v) is 6.26. The second-order valence-electron chi connectivity index (χ2n) is 4.01. The van der Waals surface area contributed by atoms with Crippen molar-refractivity contribution in [2.45, 2.75) is 18.7 Å². The van der Waals surface area contributed by atoms with Gasteiger partial charge in [0.05, 0.1) is 0 Å². The van der Waals surface area contributed by atoms with Gasteiger partial charge in [-0.25, -0.2) is 0 Å². The molecule has 0 N–H and O–H groups in total. The molecular formula is C15H13NS. The lowest BCUT2D eigenvalue weighted by molar-refractivity contribution is 1.30. The van der Waals surface area contributed by atoms with Gasteiger partial charge in [0, 0.05) is 4.90 Å². The Hall–Kier alpha value is -1.72. The van der Waals surface area contributed by atoms with Crippen molar-refractivity contribution in [2.24, 2.45) is 0 Å². The Bertz CT molecular complexity index is 582.